The van der Waals surface area contributed by atoms with Gasteiger partial charge in [0.1, 0.15) is 0 Å². The molecule has 0 aromatic carbocycles. The molecule has 0 aromatic heterocycles. The number of carbonyl (C=O) groups excluding carboxylic acids is 1. The molecular formula is C21H36N2O. The van der Waals surface area contributed by atoms with Gasteiger partial charge in [-0.05, 0) is 76.0 Å². The number of rotatable bonds is 4. The van der Waals surface area contributed by atoms with Crippen LogP contribution in [0.2, 0.25) is 0 Å². The molecule has 0 unspecified atom stereocenters. The summed E-state index contributed by atoms with van der Waals surface area (Å²) in [5.74, 6) is 2.94. The van der Waals surface area contributed by atoms with Crippen LogP contribution >= 0.6 is 0 Å². The monoisotopic (exact) mass is 332 g/mol. The van der Waals surface area contributed by atoms with E-state index in [0.717, 1.165) is 17.8 Å². The van der Waals surface area contributed by atoms with E-state index < -0.39 is 0 Å². The molecule has 3 heteroatoms. The van der Waals surface area contributed by atoms with E-state index in [0.29, 0.717) is 6.04 Å². The summed E-state index contributed by atoms with van der Waals surface area (Å²) in [6.07, 6.45) is 17.3. The van der Waals surface area contributed by atoms with E-state index in [2.05, 4.69) is 17.6 Å². The summed E-state index contributed by atoms with van der Waals surface area (Å²) >= 11 is 0. The number of nitrogens with one attached hydrogen (secondary N) is 2. The highest BCUT2D eigenvalue weighted by molar-refractivity contribution is 5.82. The molecular weight excluding hydrogens is 296 g/mol. The fourth-order valence-corrected chi connectivity index (χ4v) is 6.69. The molecule has 1 amide bonds. The van der Waals surface area contributed by atoms with E-state index in [1.54, 1.807) is 0 Å². The van der Waals surface area contributed by atoms with E-state index in [4.69, 9.17) is 0 Å². The third kappa shape index (κ3) is 3.66. The van der Waals surface area contributed by atoms with Crippen molar-refractivity contribution >= 4 is 5.91 Å². The Bertz CT molecular complexity index is 417. The SMILES string of the molecule is C[C@@H](NC1CCCCCCC1)C(=O)NC12CC3CC(CC(C3)C1)C2. The van der Waals surface area contributed by atoms with Gasteiger partial charge in [-0.3, -0.25) is 4.79 Å². The average molecular weight is 333 g/mol. The van der Waals surface area contributed by atoms with Crippen molar-refractivity contribution in [2.45, 2.75) is 108 Å². The number of hydrogen-bond donors (Lipinski definition) is 2. The fraction of sp³-hybridized carbons (Fsp3) is 0.952. The molecule has 24 heavy (non-hydrogen) atoms. The number of hydrogen-bond acceptors (Lipinski definition) is 2. The molecule has 5 aliphatic carbocycles. The molecule has 1 atom stereocenters. The lowest BCUT2D eigenvalue weighted by atomic mass is 9.53. The Hall–Kier alpha value is -0.570. The van der Waals surface area contributed by atoms with Crippen LogP contribution in [0.4, 0.5) is 0 Å². The maximum absolute atomic E-state index is 12.9. The summed E-state index contributed by atoms with van der Waals surface area (Å²) < 4.78 is 0. The van der Waals surface area contributed by atoms with Gasteiger partial charge in [-0.1, -0.05) is 32.1 Å². The first-order chi connectivity index (χ1) is 11.6. The molecule has 136 valence electrons. The number of amides is 1. The van der Waals surface area contributed by atoms with Crippen LogP contribution in [-0.2, 0) is 4.79 Å². The van der Waals surface area contributed by atoms with Crippen LogP contribution in [0.15, 0.2) is 0 Å². The van der Waals surface area contributed by atoms with Gasteiger partial charge in [-0.25, -0.2) is 0 Å². The predicted octanol–water partition coefficient (Wildman–Crippen LogP) is 4.16. The van der Waals surface area contributed by atoms with Gasteiger partial charge in [-0.2, -0.15) is 0 Å². The summed E-state index contributed by atoms with van der Waals surface area (Å²) in [4.78, 5) is 12.9. The molecule has 5 saturated carbocycles. The van der Waals surface area contributed by atoms with Crippen molar-refractivity contribution < 1.29 is 4.79 Å². The molecule has 5 aliphatic rings. The van der Waals surface area contributed by atoms with Crippen molar-refractivity contribution in [1.29, 1.82) is 0 Å². The number of carbonyl (C=O) groups is 1. The van der Waals surface area contributed by atoms with Crippen molar-refractivity contribution in [1.82, 2.24) is 10.6 Å². The van der Waals surface area contributed by atoms with Crippen LogP contribution in [-0.4, -0.2) is 23.5 Å². The van der Waals surface area contributed by atoms with Gasteiger partial charge in [0.25, 0.3) is 0 Å². The van der Waals surface area contributed by atoms with Crippen LogP contribution in [0.5, 0.6) is 0 Å². The highest BCUT2D eigenvalue weighted by Crippen LogP contribution is 2.55. The molecule has 0 saturated heterocycles. The fourth-order valence-electron chi connectivity index (χ4n) is 6.69. The molecule has 0 heterocycles. The van der Waals surface area contributed by atoms with Crippen molar-refractivity contribution in [2.24, 2.45) is 17.8 Å². The second kappa shape index (κ2) is 6.97. The average Bonchev–Trinajstić information content (AvgIpc) is 2.47. The smallest absolute Gasteiger partial charge is 0.237 e. The van der Waals surface area contributed by atoms with Gasteiger partial charge in [0.05, 0.1) is 6.04 Å². The summed E-state index contributed by atoms with van der Waals surface area (Å²) in [5, 5.41) is 7.20. The Kier molecular flexibility index (Phi) is 4.90. The van der Waals surface area contributed by atoms with Gasteiger partial charge in [0.15, 0.2) is 0 Å². The lowest BCUT2D eigenvalue weighted by Gasteiger charge is -2.57. The molecule has 2 N–H and O–H groups in total. The summed E-state index contributed by atoms with van der Waals surface area (Å²) in [6, 6.07) is 0.504. The Balaban J connectivity index is 1.32. The standard InChI is InChI=1S/C21H36N2O/c1-15(22-19-7-5-3-2-4-6-8-19)20(24)23-21-12-16-9-17(13-21)11-18(10-16)14-21/h15-19,22H,2-14H2,1H3,(H,23,24)/t15-,16?,17?,18?,21?/m1/s1. The summed E-state index contributed by atoms with van der Waals surface area (Å²) in [6.45, 7) is 2.08. The molecule has 5 rings (SSSR count). The second-order valence-corrected chi connectivity index (χ2v) is 9.62. The summed E-state index contributed by atoms with van der Waals surface area (Å²) in [7, 11) is 0. The minimum Gasteiger partial charge on any atom is -0.349 e. The minimum atomic E-state index is -0.0394. The molecule has 0 spiro atoms. The molecule has 0 aromatic rings. The maximum Gasteiger partial charge on any atom is 0.237 e. The normalized spacial score (nSPS) is 40.8. The molecule has 0 aliphatic heterocycles. The Morgan fingerprint density at radius 1 is 0.875 bits per heavy atom. The van der Waals surface area contributed by atoms with Gasteiger partial charge < -0.3 is 10.6 Å². The molecule has 4 bridgehead atoms. The van der Waals surface area contributed by atoms with E-state index in [1.807, 2.05) is 0 Å². The van der Waals surface area contributed by atoms with Crippen molar-refractivity contribution in [3.8, 4) is 0 Å². The van der Waals surface area contributed by atoms with Crippen LogP contribution in [0.1, 0.15) is 90.4 Å². The van der Waals surface area contributed by atoms with Crippen LogP contribution in [0.25, 0.3) is 0 Å². The maximum atomic E-state index is 12.9. The zero-order valence-corrected chi connectivity index (χ0v) is 15.5. The molecule has 0 radical (unpaired) electrons. The Morgan fingerprint density at radius 2 is 1.38 bits per heavy atom. The largest absolute Gasteiger partial charge is 0.349 e. The first kappa shape index (κ1) is 16.9. The lowest BCUT2D eigenvalue weighted by Crippen LogP contribution is -2.62. The van der Waals surface area contributed by atoms with Gasteiger partial charge in [0.2, 0.25) is 5.91 Å². The van der Waals surface area contributed by atoms with E-state index in [-0.39, 0.29) is 17.5 Å². The van der Waals surface area contributed by atoms with Crippen molar-refractivity contribution in [3.63, 3.8) is 0 Å². The van der Waals surface area contributed by atoms with Gasteiger partial charge in [0, 0.05) is 11.6 Å². The Morgan fingerprint density at radius 3 is 1.92 bits per heavy atom. The van der Waals surface area contributed by atoms with E-state index >= 15 is 0 Å². The Labute approximate surface area is 147 Å². The molecule has 5 fully saturated rings. The van der Waals surface area contributed by atoms with E-state index in [9.17, 15) is 4.79 Å². The lowest BCUT2D eigenvalue weighted by molar-refractivity contribution is -0.128. The van der Waals surface area contributed by atoms with Crippen LogP contribution in [0, 0.1) is 17.8 Å². The highest BCUT2D eigenvalue weighted by Gasteiger charge is 2.51. The van der Waals surface area contributed by atoms with Crippen LogP contribution in [0.3, 0.4) is 0 Å². The van der Waals surface area contributed by atoms with Crippen LogP contribution < -0.4 is 10.6 Å². The highest BCUT2D eigenvalue weighted by atomic mass is 16.2. The summed E-state index contributed by atoms with van der Waals surface area (Å²) in [5.41, 5.74) is 0.155. The topological polar surface area (TPSA) is 41.1 Å². The van der Waals surface area contributed by atoms with Crippen molar-refractivity contribution in [3.05, 3.63) is 0 Å². The zero-order chi connectivity index (χ0) is 16.6. The van der Waals surface area contributed by atoms with Gasteiger partial charge in [-0.15, -0.1) is 0 Å². The molecule has 3 nitrogen and oxygen atoms in total. The quantitative estimate of drug-likeness (QED) is 0.811. The van der Waals surface area contributed by atoms with Gasteiger partial charge >= 0.3 is 0 Å². The predicted molar refractivity (Wildman–Crippen MR) is 97.8 cm³/mol. The third-order valence-corrected chi connectivity index (χ3v) is 7.41. The zero-order valence-electron chi connectivity index (χ0n) is 15.5. The van der Waals surface area contributed by atoms with E-state index in [1.165, 1.54) is 83.5 Å². The first-order valence-electron chi connectivity index (χ1n) is 10.7. The third-order valence-electron chi connectivity index (χ3n) is 7.41. The first-order valence-corrected chi connectivity index (χ1v) is 10.7. The second-order valence-electron chi connectivity index (χ2n) is 9.62. The minimum absolute atomic E-state index is 0.0394. The van der Waals surface area contributed by atoms with Crippen molar-refractivity contribution in [2.75, 3.05) is 0 Å².